The molecule has 0 spiro atoms. The first-order valence-electron chi connectivity index (χ1n) is 8.14. The molecular formula is C18H18N6O. The third kappa shape index (κ3) is 2.84. The van der Waals surface area contributed by atoms with Crippen LogP contribution in [0.2, 0.25) is 0 Å². The monoisotopic (exact) mass is 334 g/mol. The SMILES string of the molecule is CC(C)n1cc(NC(=O)C2=NCc3cc(-c4cn[nH]c4)ccc32)cn1. The van der Waals surface area contributed by atoms with E-state index < -0.39 is 0 Å². The summed E-state index contributed by atoms with van der Waals surface area (Å²) in [5, 5.41) is 13.9. The van der Waals surface area contributed by atoms with Gasteiger partial charge in [0.2, 0.25) is 0 Å². The normalized spacial score (nSPS) is 13.0. The Morgan fingerprint density at radius 2 is 2.16 bits per heavy atom. The van der Waals surface area contributed by atoms with Gasteiger partial charge in [0, 0.05) is 29.6 Å². The largest absolute Gasteiger partial charge is 0.318 e. The number of benzene rings is 1. The summed E-state index contributed by atoms with van der Waals surface area (Å²) >= 11 is 0. The van der Waals surface area contributed by atoms with E-state index in [2.05, 4.69) is 31.7 Å². The van der Waals surface area contributed by atoms with E-state index in [9.17, 15) is 4.79 Å². The quantitative estimate of drug-likeness (QED) is 0.769. The number of hydrogen-bond acceptors (Lipinski definition) is 4. The van der Waals surface area contributed by atoms with Gasteiger partial charge in [0.15, 0.2) is 0 Å². The van der Waals surface area contributed by atoms with Crippen molar-refractivity contribution in [1.82, 2.24) is 20.0 Å². The van der Waals surface area contributed by atoms with Crippen molar-refractivity contribution in [3.8, 4) is 11.1 Å². The Labute approximate surface area is 144 Å². The number of anilines is 1. The van der Waals surface area contributed by atoms with Crippen LogP contribution in [0, 0.1) is 0 Å². The first-order valence-corrected chi connectivity index (χ1v) is 8.14. The number of hydrogen-bond donors (Lipinski definition) is 2. The highest BCUT2D eigenvalue weighted by Crippen LogP contribution is 2.26. The van der Waals surface area contributed by atoms with Crippen LogP contribution in [0.25, 0.3) is 11.1 Å². The molecule has 1 aromatic carbocycles. The van der Waals surface area contributed by atoms with E-state index >= 15 is 0 Å². The van der Waals surface area contributed by atoms with E-state index in [1.807, 2.05) is 38.4 Å². The minimum absolute atomic E-state index is 0.210. The zero-order valence-corrected chi connectivity index (χ0v) is 14.0. The van der Waals surface area contributed by atoms with Crippen LogP contribution >= 0.6 is 0 Å². The van der Waals surface area contributed by atoms with Crippen LogP contribution in [0.5, 0.6) is 0 Å². The van der Waals surface area contributed by atoms with Crippen LogP contribution in [0.3, 0.4) is 0 Å². The van der Waals surface area contributed by atoms with Crippen LogP contribution in [0.4, 0.5) is 5.69 Å². The number of nitrogens with one attached hydrogen (secondary N) is 2. The fourth-order valence-electron chi connectivity index (χ4n) is 2.86. The predicted molar refractivity (Wildman–Crippen MR) is 95.5 cm³/mol. The molecule has 0 saturated carbocycles. The number of amides is 1. The summed E-state index contributed by atoms with van der Waals surface area (Å²) in [6.45, 7) is 4.58. The summed E-state index contributed by atoms with van der Waals surface area (Å²) in [4.78, 5) is 17.0. The minimum Gasteiger partial charge on any atom is -0.318 e. The number of carbonyl (C=O) groups is 1. The molecule has 0 atom stereocenters. The van der Waals surface area contributed by atoms with Gasteiger partial charge in [0.05, 0.1) is 24.6 Å². The lowest BCUT2D eigenvalue weighted by Crippen LogP contribution is -2.22. The van der Waals surface area contributed by atoms with Crippen molar-refractivity contribution >= 4 is 17.3 Å². The van der Waals surface area contributed by atoms with Crippen LogP contribution in [0.1, 0.15) is 31.0 Å². The molecule has 2 N–H and O–H groups in total. The molecule has 0 saturated heterocycles. The molecule has 25 heavy (non-hydrogen) atoms. The van der Waals surface area contributed by atoms with Crippen molar-refractivity contribution in [3.05, 3.63) is 54.1 Å². The lowest BCUT2D eigenvalue weighted by Gasteiger charge is -2.06. The number of fused-ring (bicyclic) bond motifs is 1. The zero-order chi connectivity index (χ0) is 17.4. The topological polar surface area (TPSA) is 88.0 Å². The third-order valence-electron chi connectivity index (χ3n) is 4.20. The van der Waals surface area contributed by atoms with Gasteiger partial charge in [-0.05, 0) is 31.0 Å². The number of rotatable bonds is 4. The van der Waals surface area contributed by atoms with Gasteiger partial charge in [-0.25, -0.2) is 0 Å². The summed E-state index contributed by atoms with van der Waals surface area (Å²) in [5.41, 5.74) is 5.13. The molecule has 7 heteroatoms. The Morgan fingerprint density at radius 3 is 2.88 bits per heavy atom. The molecule has 0 unspecified atom stereocenters. The van der Waals surface area contributed by atoms with E-state index in [4.69, 9.17) is 0 Å². The second-order valence-corrected chi connectivity index (χ2v) is 6.28. The van der Waals surface area contributed by atoms with Gasteiger partial charge >= 0.3 is 0 Å². The van der Waals surface area contributed by atoms with Gasteiger partial charge in [-0.2, -0.15) is 10.2 Å². The Morgan fingerprint density at radius 1 is 1.28 bits per heavy atom. The number of aromatic amines is 1. The maximum absolute atomic E-state index is 12.6. The molecule has 0 fully saturated rings. The maximum Gasteiger partial charge on any atom is 0.274 e. The fraction of sp³-hybridized carbons (Fsp3) is 0.222. The highest BCUT2D eigenvalue weighted by atomic mass is 16.1. The van der Waals surface area contributed by atoms with E-state index in [1.165, 1.54) is 0 Å². The molecule has 1 amide bonds. The van der Waals surface area contributed by atoms with Crippen molar-refractivity contribution in [2.24, 2.45) is 4.99 Å². The van der Waals surface area contributed by atoms with Crippen molar-refractivity contribution in [2.75, 3.05) is 5.32 Å². The van der Waals surface area contributed by atoms with E-state index in [0.29, 0.717) is 17.9 Å². The number of nitrogens with zero attached hydrogens (tertiary/aromatic N) is 4. The Balaban J connectivity index is 1.54. The van der Waals surface area contributed by atoms with Crippen molar-refractivity contribution in [3.63, 3.8) is 0 Å². The van der Waals surface area contributed by atoms with Crippen molar-refractivity contribution in [2.45, 2.75) is 26.4 Å². The van der Waals surface area contributed by atoms with Crippen molar-refractivity contribution in [1.29, 1.82) is 0 Å². The molecule has 3 aromatic rings. The molecular weight excluding hydrogens is 316 g/mol. The molecule has 0 bridgehead atoms. The highest BCUT2D eigenvalue weighted by Gasteiger charge is 2.23. The Hall–Kier alpha value is -3.22. The lowest BCUT2D eigenvalue weighted by molar-refractivity contribution is -0.110. The second-order valence-electron chi connectivity index (χ2n) is 6.28. The highest BCUT2D eigenvalue weighted by molar-refractivity contribution is 6.49. The summed E-state index contributed by atoms with van der Waals surface area (Å²) in [6, 6.07) is 6.23. The number of H-pyrrole nitrogens is 1. The Bertz CT molecular complexity index is 952. The van der Waals surface area contributed by atoms with Gasteiger partial charge in [0.1, 0.15) is 5.71 Å². The number of aromatic nitrogens is 4. The molecule has 2 aromatic heterocycles. The molecule has 1 aliphatic rings. The van der Waals surface area contributed by atoms with E-state index in [1.54, 1.807) is 17.1 Å². The summed E-state index contributed by atoms with van der Waals surface area (Å²) in [6.07, 6.45) is 7.09. The molecule has 7 nitrogen and oxygen atoms in total. The van der Waals surface area contributed by atoms with Gasteiger partial charge in [-0.3, -0.25) is 19.6 Å². The predicted octanol–water partition coefficient (Wildman–Crippen LogP) is 2.80. The third-order valence-corrected chi connectivity index (χ3v) is 4.20. The summed E-state index contributed by atoms with van der Waals surface area (Å²) < 4.78 is 1.80. The number of aliphatic imine (C=N–C) groups is 1. The van der Waals surface area contributed by atoms with Gasteiger partial charge in [0.25, 0.3) is 5.91 Å². The molecule has 1 aliphatic heterocycles. The van der Waals surface area contributed by atoms with Crippen molar-refractivity contribution < 1.29 is 4.79 Å². The molecule has 3 heterocycles. The first kappa shape index (κ1) is 15.3. The lowest BCUT2D eigenvalue weighted by atomic mass is 10.00. The molecule has 126 valence electrons. The Kier molecular flexibility index (Phi) is 3.68. The summed E-state index contributed by atoms with van der Waals surface area (Å²) in [5.74, 6) is -0.210. The van der Waals surface area contributed by atoms with Crippen LogP contribution in [0.15, 0.2) is 48.0 Å². The summed E-state index contributed by atoms with van der Waals surface area (Å²) in [7, 11) is 0. The van der Waals surface area contributed by atoms with Gasteiger partial charge in [-0.15, -0.1) is 0 Å². The average molecular weight is 334 g/mol. The van der Waals surface area contributed by atoms with E-state index in [0.717, 1.165) is 22.3 Å². The minimum atomic E-state index is -0.210. The second kappa shape index (κ2) is 6.01. The maximum atomic E-state index is 12.6. The van der Waals surface area contributed by atoms with Crippen LogP contribution in [-0.2, 0) is 11.3 Å². The molecule has 0 aliphatic carbocycles. The van der Waals surface area contributed by atoms with Crippen LogP contribution in [-0.4, -0.2) is 31.6 Å². The van der Waals surface area contributed by atoms with Crippen LogP contribution < -0.4 is 5.32 Å². The standard InChI is InChI=1S/C18H18N6O/c1-11(2)24-10-15(9-22-24)23-18(25)17-16-4-3-12(5-13(16)6-19-17)14-7-20-21-8-14/h3-5,7-11H,6H2,1-2H3,(H,20,21)(H,23,25). The molecule has 0 radical (unpaired) electrons. The fourth-order valence-corrected chi connectivity index (χ4v) is 2.86. The molecule has 4 rings (SSSR count). The van der Waals surface area contributed by atoms with Gasteiger partial charge < -0.3 is 5.32 Å². The average Bonchev–Trinajstić information content (AvgIpc) is 3.34. The van der Waals surface area contributed by atoms with E-state index in [-0.39, 0.29) is 11.9 Å². The zero-order valence-electron chi connectivity index (χ0n) is 14.0. The van der Waals surface area contributed by atoms with Gasteiger partial charge in [-0.1, -0.05) is 12.1 Å². The number of carbonyl (C=O) groups excluding carboxylic acids is 1. The smallest absolute Gasteiger partial charge is 0.274 e. The first-order chi connectivity index (χ1) is 12.1.